The zero-order chi connectivity index (χ0) is 16.8. The largest absolute Gasteiger partial charge is 0.350 e. The van der Waals surface area contributed by atoms with Crippen molar-refractivity contribution in [1.82, 2.24) is 5.32 Å². The highest BCUT2D eigenvalue weighted by Crippen LogP contribution is 2.16. The molecule has 0 unspecified atom stereocenters. The third kappa shape index (κ3) is 4.63. The van der Waals surface area contributed by atoms with Gasteiger partial charge in [0, 0.05) is 30.2 Å². The van der Waals surface area contributed by atoms with Crippen molar-refractivity contribution >= 4 is 33.4 Å². The van der Waals surface area contributed by atoms with Gasteiger partial charge in [-0.25, -0.2) is 4.39 Å². The van der Waals surface area contributed by atoms with Gasteiger partial charge >= 0.3 is 0 Å². The van der Waals surface area contributed by atoms with Crippen molar-refractivity contribution < 1.29 is 14.0 Å². The van der Waals surface area contributed by atoms with Gasteiger partial charge in [0.1, 0.15) is 5.82 Å². The molecule has 0 heterocycles. The predicted octanol–water partition coefficient (Wildman–Crippen LogP) is 3.37. The average molecular weight is 379 g/mol. The van der Waals surface area contributed by atoms with Gasteiger partial charge in [0.25, 0.3) is 5.91 Å². The maximum atomic E-state index is 13.3. The Morgan fingerprint density at radius 1 is 1.17 bits per heavy atom. The summed E-state index contributed by atoms with van der Waals surface area (Å²) in [5.74, 6) is -0.864. The van der Waals surface area contributed by atoms with E-state index in [0.29, 0.717) is 15.7 Å². The fraction of sp³-hybridized carbons (Fsp3) is 0.176. The Morgan fingerprint density at radius 3 is 2.57 bits per heavy atom. The van der Waals surface area contributed by atoms with Crippen LogP contribution in [-0.4, -0.2) is 24.9 Å². The molecule has 0 saturated carbocycles. The number of hydrogen-bond acceptors (Lipinski definition) is 2. The fourth-order valence-electron chi connectivity index (χ4n) is 2.13. The number of anilines is 1. The molecule has 0 aliphatic heterocycles. The third-order valence-electron chi connectivity index (χ3n) is 3.24. The standard InChI is InChI=1S/C17H16BrFN2O2/c1-12(22)21(14-6-4-5-13(19)11-14)10-9-20-17(23)15-7-2-3-8-16(15)18/h2-8,11H,9-10H2,1H3,(H,20,23). The molecule has 0 fully saturated rings. The second-order valence-corrected chi connectivity index (χ2v) is 5.74. The number of benzene rings is 2. The van der Waals surface area contributed by atoms with Crippen molar-refractivity contribution in [3.63, 3.8) is 0 Å². The molecule has 0 aliphatic carbocycles. The third-order valence-corrected chi connectivity index (χ3v) is 3.93. The van der Waals surface area contributed by atoms with E-state index >= 15 is 0 Å². The van der Waals surface area contributed by atoms with Crippen LogP contribution in [0, 0.1) is 5.82 Å². The molecule has 4 nitrogen and oxygen atoms in total. The van der Waals surface area contributed by atoms with Gasteiger partial charge < -0.3 is 10.2 Å². The normalized spacial score (nSPS) is 10.2. The first-order valence-corrected chi connectivity index (χ1v) is 7.84. The number of nitrogens with one attached hydrogen (secondary N) is 1. The first-order valence-electron chi connectivity index (χ1n) is 7.05. The van der Waals surface area contributed by atoms with Gasteiger partial charge in [-0.3, -0.25) is 9.59 Å². The van der Waals surface area contributed by atoms with Gasteiger partial charge in [-0.05, 0) is 46.3 Å². The first-order chi connectivity index (χ1) is 11.0. The molecule has 0 spiro atoms. The van der Waals surface area contributed by atoms with Gasteiger partial charge in [-0.1, -0.05) is 18.2 Å². The number of amides is 2. The predicted molar refractivity (Wildman–Crippen MR) is 90.9 cm³/mol. The summed E-state index contributed by atoms with van der Waals surface area (Å²) < 4.78 is 14.0. The highest BCUT2D eigenvalue weighted by molar-refractivity contribution is 9.10. The summed E-state index contributed by atoms with van der Waals surface area (Å²) in [5, 5.41) is 2.75. The lowest BCUT2D eigenvalue weighted by Gasteiger charge is -2.21. The quantitative estimate of drug-likeness (QED) is 0.866. The van der Waals surface area contributed by atoms with Crippen LogP contribution in [-0.2, 0) is 4.79 Å². The molecule has 0 atom stereocenters. The van der Waals surface area contributed by atoms with E-state index in [0.717, 1.165) is 0 Å². The van der Waals surface area contributed by atoms with E-state index in [1.54, 1.807) is 30.3 Å². The lowest BCUT2D eigenvalue weighted by molar-refractivity contribution is -0.116. The first kappa shape index (κ1) is 17.1. The molecule has 0 aromatic heterocycles. The molecule has 120 valence electrons. The highest BCUT2D eigenvalue weighted by atomic mass is 79.9. The number of rotatable bonds is 5. The molecule has 2 aromatic rings. The Bertz CT molecular complexity index is 721. The zero-order valence-electron chi connectivity index (χ0n) is 12.6. The summed E-state index contributed by atoms with van der Waals surface area (Å²) in [7, 11) is 0. The molecular formula is C17H16BrFN2O2. The molecule has 2 rings (SSSR count). The summed E-state index contributed by atoms with van der Waals surface area (Å²) >= 11 is 3.32. The van der Waals surface area contributed by atoms with Crippen LogP contribution < -0.4 is 10.2 Å². The van der Waals surface area contributed by atoms with Crippen molar-refractivity contribution in [1.29, 1.82) is 0 Å². The Kier molecular flexibility index (Phi) is 5.87. The van der Waals surface area contributed by atoms with E-state index in [1.807, 2.05) is 6.07 Å². The maximum absolute atomic E-state index is 13.3. The number of carbonyl (C=O) groups excluding carboxylic acids is 2. The molecule has 23 heavy (non-hydrogen) atoms. The summed E-state index contributed by atoms with van der Waals surface area (Å²) in [5.41, 5.74) is 0.986. The van der Waals surface area contributed by atoms with Crippen LogP contribution in [0.25, 0.3) is 0 Å². The summed E-state index contributed by atoms with van der Waals surface area (Å²) in [6.45, 7) is 1.92. The molecule has 0 aliphatic rings. The minimum absolute atomic E-state index is 0.217. The minimum atomic E-state index is -0.411. The van der Waals surface area contributed by atoms with Crippen molar-refractivity contribution in [3.05, 3.63) is 64.4 Å². The zero-order valence-corrected chi connectivity index (χ0v) is 14.1. The lowest BCUT2D eigenvalue weighted by Crippen LogP contribution is -2.37. The van der Waals surface area contributed by atoms with Crippen molar-refractivity contribution in [2.75, 3.05) is 18.0 Å². The Hall–Kier alpha value is -2.21. The molecule has 0 saturated heterocycles. The van der Waals surface area contributed by atoms with Crippen molar-refractivity contribution in [3.8, 4) is 0 Å². The summed E-state index contributed by atoms with van der Waals surface area (Å²) in [6.07, 6.45) is 0. The van der Waals surface area contributed by atoms with Crippen LogP contribution in [0.3, 0.4) is 0 Å². The van der Waals surface area contributed by atoms with Gasteiger partial charge in [-0.15, -0.1) is 0 Å². The molecule has 2 amide bonds. The maximum Gasteiger partial charge on any atom is 0.252 e. The van der Waals surface area contributed by atoms with Crippen molar-refractivity contribution in [2.45, 2.75) is 6.92 Å². The molecule has 6 heteroatoms. The second-order valence-electron chi connectivity index (χ2n) is 4.89. The molecule has 2 aromatic carbocycles. The second kappa shape index (κ2) is 7.87. The Morgan fingerprint density at radius 2 is 1.91 bits per heavy atom. The van der Waals surface area contributed by atoms with Crippen molar-refractivity contribution in [2.24, 2.45) is 0 Å². The van der Waals surface area contributed by atoms with Crippen LogP contribution in [0.1, 0.15) is 17.3 Å². The molecule has 0 bridgehead atoms. The van der Waals surface area contributed by atoms with Gasteiger partial charge in [-0.2, -0.15) is 0 Å². The van der Waals surface area contributed by atoms with Crippen LogP contribution in [0.5, 0.6) is 0 Å². The molecule has 1 N–H and O–H groups in total. The lowest BCUT2D eigenvalue weighted by atomic mass is 10.2. The van der Waals surface area contributed by atoms with Crippen LogP contribution >= 0.6 is 15.9 Å². The van der Waals surface area contributed by atoms with E-state index in [1.165, 1.54) is 24.0 Å². The smallest absolute Gasteiger partial charge is 0.252 e. The average Bonchev–Trinajstić information content (AvgIpc) is 2.51. The number of nitrogens with zero attached hydrogens (tertiary/aromatic N) is 1. The monoisotopic (exact) mass is 378 g/mol. The highest BCUT2D eigenvalue weighted by Gasteiger charge is 2.13. The Labute approximate surface area is 142 Å². The van der Waals surface area contributed by atoms with E-state index in [9.17, 15) is 14.0 Å². The SMILES string of the molecule is CC(=O)N(CCNC(=O)c1ccccc1Br)c1cccc(F)c1. The Balaban J connectivity index is 1.99. The minimum Gasteiger partial charge on any atom is -0.350 e. The van der Waals surface area contributed by atoms with E-state index in [2.05, 4.69) is 21.2 Å². The van der Waals surface area contributed by atoms with Crippen LogP contribution in [0.2, 0.25) is 0 Å². The molecular weight excluding hydrogens is 363 g/mol. The number of carbonyl (C=O) groups is 2. The van der Waals surface area contributed by atoms with E-state index in [-0.39, 0.29) is 24.9 Å². The van der Waals surface area contributed by atoms with E-state index < -0.39 is 5.82 Å². The number of hydrogen-bond donors (Lipinski definition) is 1. The van der Waals surface area contributed by atoms with Gasteiger partial charge in [0.05, 0.1) is 5.56 Å². The fourth-order valence-corrected chi connectivity index (χ4v) is 2.60. The number of halogens is 2. The summed E-state index contributed by atoms with van der Waals surface area (Å²) in [4.78, 5) is 25.3. The topological polar surface area (TPSA) is 49.4 Å². The van der Waals surface area contributed by atoms with Crippen LogP contribution in [0.4, 0.5) is 10.1 Å². The van der Waals surface area contributed by atoms with Gasteiger partial charge in [0.2, 0.25) is 5.91 Å². The summed E-state index contributed by atoms with van der Waals surface area (Å²) in [6, 6.07) is 12.9. The van der Waals surface area contributed by atoms with Crippen LogP contribution in [0.15, 0.2) is 53.0 Å². The molecule has 0 radical (unpaired) electrons. The van der Waals surface area contributed by atoms with Gasteiger partial charge in [0.15, 0.2) is 0 Å². The van der Waals surface area contributed by atoms with E-state index in [4.69, 9.17) is 0 Å².